The van der Waals surface area contributed by atoms with Crippen molar-refractivity contribution in [2.45, 2.75) is 25.8 Å². The predicted molar refractivity (Wildman–Crippen MR) is 87.3 cm³/mol. The van der Waals surface area contributed by atoms with Gasteiger partial charge < -0.3 is 10.5 Å². The third-order valence-corrected chi connectivity index (χ3v) is 3.86. The largest absolute Gasteiger partial charge is 0.465 e. The minimum absolute atomic E-state index is 0.0870. The summed E-state index contributed by atoms with van der Waals surface area (Å²) in [5, 5.41) is 10.9. The number of nitro benzene ring substituents is 1. The molecule has 122 valence electrons. The summed E-state index contributed by atoms with van der Waals surface area (Å²) in [7, 11) is 1.22. The van der Waals surface area contributed by atoms with Gasteiger partial charge in [0.2, 0.25) is 0 Å². The molecule has 0 heterocycles. The Labute approximate surface area is 134 Å². The molecule has 1 aliphatic carbocycles. The van der Waals surface area contributed by atoms with Crippen LogP contribution in [-0.2, 0) is 4.74 Å². The first-order valence-electron chi connectivity index (χ1n) is 7.30. The number of carbonyl (C=O) groups is 1. The zero-order valence-electron chi connectivity index (χ0n) is 13.1. The number of nitro groups is 1. The van der Waals surface area contributed by atoms with Gasteiger partial charge >= 0.3 is 5.97 Å². The Balaban J connectivity index is 2.38. The predicted octanol–water partition coefficient (Wildman–Crippen LogP) is 2.55. The normalized spacial score (nSPS) is 16.3. The summed E-state index contributed by atoms with van der Waals surface area (Å²) in [6.07, 6.45) is 5.28. The van der Waals surface area contributed by atoms with E-state index in [1.807, 2.05) is 6.92 Å². The summed E-state index contributed by atoms with van der Waals surface area (Å²) >= 11 is 0. The van der Waals surface area contributed by atoms with E-state index >= 15 is 0 Å². The van der Waals surface area contributed by atoms with E-state index in [-0.39, 0.29) is 17.3 Å². The van der Waals surface area contributed by atoms with Crippen LogP contribution in [0, 0.1) is 16.0 Å². The molecule has 1 aliphatic rings. The van der Waals surface area contributed by atoms with E-state index in [0.717, 1.165) is 0 Å². The number of esters is 1. The van der Waals surface area contributed by atoms with Gasteiger partial charge in [-0.15, -0.1) is 0 Å². The zero-order valence-corrected chi connectivity index (χ0v) is 13.1. The average Bonchev–Trinajstić information content (AvgIpc) is 3.39. The van der Waals surface area contributed by atoms with Gasteiger partial charge in [0, 0.05) is 36.2 Å². The maximum atomic E-state index is 11.9. The Morgan fingerprint density at radius 3 is 2.70 bits per heavy atom. The molecule has 0 aliphatic heterocycles. The first kappa shape index (κ1) is 16.7. The Kier molecular flexibility index (Phi) is 5.10. The van der Waals surface area contributed by atoms with E-state index in [1.165, 1.54) is 44.4 Å². The van der Waals surface area contributed by atoms with Crippen LogP contribution >= 0.6 is 0 Å². The smallest absolute Gasteiger partial charge is 0.338 e. The van der Waals surface area contributed by atoms with Crippen molar-refractivity contribution in [3.63, 3.8) is 0 Å². The van der Waals surface area contributed by atoms with Crippen molar-refractivity contribution < 1.29 is 14.5 Å². The second-order valence-corrected chi connectivity index (χ2v) is 5.46. The van der Waals surface area contributed by atoms with E-state index in [9.17, 15) is 14.9 Å². The van der Waals surface area contributed by atoms with Crippen LogP contribution in [0.15, 0.2) is 29.4 Å². The highest BCUT2D eigenvalue weighted by molar-refractivity contribution is 6.13. The number of aliphatic imine (C=N–C) groups is 1. The Hall–Kier alpha value is -2.70. The molecule has 0 aromatic heterocycles. The average molecular weight is 317 g/mol. The minimum atomic E-state index is -0.660. The number of rotatable bonds is 6. The SMILES string of the molecule is COC(=O)c1cc([N+](=O)[O-])ccc1C(C=NC(C)C1CC1)=CN. The third kappa shape index (κ3) is 3.94. The molecule has 2 rings (SSSR count). The van der Waals surface area contributed by atoms with Crippen molar-refractivity contribution in [3.05, 3.63) is 45.6 Å². The zero-order chi connectivity index (χ0) is 17.0. The van der Waals surface area contributed by atoms with Gasteiger partial charge in [-0.3, -0.25) is 15.1 Å². The number of non-ortho nitro benzene ring substituents is 1. The van der Waals surface area contributed by atoms with Gasteiger partial charge in [0.05, 0.1) is 17.6 Å². The number of hydrogen-bond acceptors (Lipinski definition) is 6. The molecule has 1 atom stereocenters. The van der Waals surface area contributed by atoms with Crippen molar-refractivity contribution in [1.82, 2.24) is 0 Å². The van der Waals surface area contributed by atoms with Crippen molar-refractivity contribution in [2.24, 2.45) is 16.6 Å². The van der Waals surface area contributed by atoms with Gasteiger partial charge in [0.15, 0.2) is 0 Å². The van der Waals surface area contributed by atoms with Crippen molar-refractivity contribution >= 4 is 23.4 Å². The molecular weight excluding hydrogens is 298 g/mol. The molecule has 1 aromatic rings. The third-order valence-electron chi connectivity index (χ3n) is 3.86. The maximum absolute atomic E-state index is 11.9. The van der Waals surface area contributed by atoms with E-state index in [0.29, 0.717) is 17.1 Å². The number of hydrogen-bond donors (Lipinski definition) is 1. The van der Waals surface area contributed by atoms with E-state index in [2.05, 4.69) is 4.99 Å². The number of nitrogens with two attached hydrogens (primary N) is 1. The minimum Gasteiger partial charge on any atom is -0.465 e. The van der Waals surface area contributed by atoms with Crippen molar-refractivity contribution in [1.29, 1.82) is 0 Å². The van der Waals surface area contributed by atoms with Crippen LogP contribution in [0.2, 0.25) is 0 Å². The number of allylic oxidation sites excluding steroid dienone is 1. The Morgan fingerprint density at radius 2 is 2.17 bits per heavy atom. The van der Waals surface area contributed by atoms with Gasteiger partial charge in [-0.2, -0.15) is 0 Å². The molecule has 2 N–H and O–H groups in total. The number of ether oxygens (including phenoxy) is 1. The topological polar surface area (TPSA) is 108 Å². The fourth-order valence-electron chi connectivity index (χ4n) is 2.28. The second-order valence-electron chi connectivity index (χ2n) is 5.46. The first-order valence-corrected chi connectivity index (χ1v) is 7.30. The molecule has 7 heteroatoms. The highest BCUT2D eigenvalue weighted by atomic mass is 16.6. The maximum Gasteiger partial charge on any atom is 0.338 e. The monoisotopic (exact) mass is 317 g/mol. The Bertz CT molecular complexity index is 678. The molecule has 0 amide bonds. The quantitative estimate of drug-likeness (QED) is 0.375. The van der Waals surface area contributed by atoms with E-state index < -0.39 is 10.9 Å². The van der Waals surface area contributed by atoms with E-state index in [4.69, 9.17) is 10.5 Å². The lowest BCUT2D eigenvalue weighted by Gasteiger charge is -2.09. The number of carbonyl (C=O) groups excluding carboxylic acids is 1. The van der Waals surface area contributed by atoms with Crippen LogP contribution < -0.4 is 5.73 Å². The molecule has 0 saturated heterocycles. The fraction of sp³-hybridized carbons (Fsp3) is 0.375. The van der Waals surface area contributed by atoms with Crippen LogP contribution in [0.5, 0.6) is 0 Å². The van der Waals surface area contributed by atoms with Crippen LogP contribution in [0.4, 0.5) is 5.69 Å². The molecule has 1 aromatic carbocycles. The molecule has 0 spiro atoms. The first-order chi connectivity index (χ1) is 11.0. The summed E-state index contributed by atoms with van der Waals surface area (Å²) in [6.45, 7) is 2.03. The number of benzene rings is 1. The van der Waals surface area contributed by atoms with E-state index in [1.54, 1.807) is 6.21 Å². The molecular formula is C16H19N3O4. The standard InChI is InChI=1S/C16H19N3O4/c1-10(11-3-4-11)18-9-12(8-17)14-6-5-13(19(21)22)7-15(14)16(20)23-2/h5-11H,3-4,17H2,1-2H3. The summed E-state index contributed by atoms with van der Waals surface area (Å²) in [4.78, 5) is 26.7. The Morgan fingerprint density at radius 1 is 1.48 bits per heavy atom. The van der Waals surface area contributed by atoms with Crippen molar-refractivity contribution in [2.75, 3.05) is 7.11 Å². The summed E-state index contributed by atoms with van der Waals surface area (Å²) < 4.78 is 4.71. The van der Waals surface area contributed by atoms with Crippen molar-refractivity contribution in [3.8, 4) is 0 Å². The van der Waals surface area contributed by atoms with Crippen LogP contribution in [0.25, 0.3) is 5.57 Å². The molecule has 0 bridgehead atoms. The summed E-state index contributed by atoms with van der Waals surface area (Å²) in [5.74, 6) is -0.0612. The van der Waals surface area contributed by atoms with Crippen LogP contribution in [0.3, 0.4) is 0 Å². The molecule has 1 saturated carbocycles. The van der Waals surface area contributed by atoms with Gasteiger partial charge in [-0.1, -0.05) is 0 Å². The second kappa shape index (κ2) is 7.04. The van der Waals surface area contributed by atoms with Crippen LogP contribution in [-0.4, -0.2) is 30.3 Å². The summed E-state index contributed by atoms with van der Waals surface area (Å²) in [5.41, 5.74) is 6.53. The lowest BCUT2D eigenvalue weighted by atomic mass is 10.00. The highest BCUT2D eigenvalue weighted by Gasteiger charge is 2.27. The lowest BCUT2D eigenvalue weighted by Crippen LogP contribution is -2.08. The van der Waals surface area contributed by atoms with Gasteiger partial charge in [-0.25, -0.2) is 4.79 Å². The van der Waals surface area contributed by atoms with Gasteiger partial charge in [-0.05, 0) is 37.3 Å². The number of nitrogens with zero attached hydrogens (tertiary/aromatic N) is 2. The molecule has 7 nitrogen and oxygen atoms in total. The molecule has 1 unspecified atom stereocenters. The molecule has 0 radical (unpaired) electrons. The molecule has 23 heavy (non-hydrogen) atoms. The molecule has 1 fully saturated rings. The lowest BCUT2D eigenvalue weighted by molar-refractivity contribution is -0.384. The van der Waals surface area contributed by atoms with Gasteiger partial charge in [0.1, 0.15) is 0 Å². The number of methoxy groups -OCH3 is 1. The van der Waals surface area contributed by atoms with Gasteiger partial charge in [0.25, 0.3) is 5.69 Å². The van der Waals surface area contributed by atoms with Crippen LogP contribution in [0.1, 0.15) is 35.7 Å². The highest BCUT2D eigenvalue weighted by Crippen LogP contribution is 2.34. The summed E-state index contributed by atoms with van der Waals surface area (Å²) in [6, 6.07) is 4.17. The fourth-order valence-corrected chi connectivity index (χ4v) is 2.28.